The summed E-state index contributed by atoms with van der Waals surface area (Å²) in [5.41, 5.74) is 6.76. The highest BCUT2D eigenvalue weighted by molar-refractivity contribution is 5.31. The minimum atomic E-state index is -0.599. The van der Waals surface area contributed by atoms with Crippen molar-refractivity contribution in [2.45, 2.75) is 50.7 Å². The molecule has 1 aromatic carbocycles. The summed E-state index contributed by atoms with van der Waals surface area (Å²) >= 11 is 0. The molecule has 1 fully saturated rings. The topological polar surface area (TPSA) is 55.5 Å². The summed E-state index contributed by atoms with van der Waals surface area (Å²) in [6.07, 6.45) is 4.64. The average molecular weight is 249 g/mol. The first-order chi connectivity index (χ1) is 8.65. The Labute approximate surface area is 109 Å². The summed E-state index contributed by atoms with van der Waals surface area (Å²) in [7, 11) is 0. The largest absolute Gasteiger partial charge is 0.494 e. The van der Waals surface area contributed by atoms with Crippen LogP contribution in [-0.2, 0) is 0 Å². The van der Waals surface area contributed by atoms with E-state index in [1.165, 1.54) is 6.42 Å². The number of aliphatic hydroxyl groups is 1. The molecule has 0 aliphatic heterocycles. The molecule has 0 radical (unpaired) electrons. The lowest BCUT2D eigenvalue weighted by Crippen LogP contribution is -2.47. The standard InChI is InChI=1S/C15H23NO2/c1-2-18-13-8-6-7-12(11-13)14(17)15(16)9-4-3-5-10-15/h6-8,11,14,17H,2-5,9-10,16H2,1H3. The van der Waals surface area contributed by atoms with E-state index in [1.807, 2.05) is 31.2 Å². The molecule has 3 N–H and O–H groups in total. The summed E-state index contributed by atoms with van der Waals surface area (Å²) < 4.78 is 5.47. The van der Waals surface area contributed by atoms with E-state index < -0.39 is 11.6 Å². The Kier molecular flexibility index (Phi) is 4.25. The first kappa shape index (κ1) is 13.4. The number of benzene rings is 1. The Hall–Kier alpha value is -1.06. The molecule has 0 spiro atoms. The van der Waals surface area contributed by atoms with Gasteiger partial charge in [-0.1, -0.05) is 31.4 Å². The third kappa shape index (κ3) is 2.85. The van der Waals surface area contributed by atoms with Gasteiger partial charge in [0.15, 0.2) is 0 Å². The predicted molar refractivity (Wildman–Crippen MR) is 72.6 cm³/mol. The Bertz CT molecular complexity index is 386. The highest BCUT2D eigenvalue weighted by atomic mass is 16.5. The van der Waals surface area contributed by atoms with Gasteiger partial charge in [0.25, 0.3) is 0 Å². The number of rotatable bonds is 4. The summed E-state index contributed by atoms with van der Waals surface area (Å²) in [6.45, 7) is 2.59. The fourth-order valence-electron chi connectivity index (χ4n) is 2.76. The van der Waals surface area contributed by atoms with Gasteiger partial charge in [0, 0.05) is 5.54 Å². The predicted octanol–water partition coefficient (Wildman–Crippen LogP) is 2.78. The molecule has 0 saturated heterocycles. The SMILES string of the molecule is CCOc1cccc(C(O)C2(N)CCCCC2)c1. The summed E-state index contributed by atoms with van der Waals surface area (Å²) in [6, 6.07) is 7.65. The lowest BCUT2D eigenvalue weighted by molar-refractivity contribution is 0.0585. The molecule has 1 saturated carbocycles. The molecule has 1 aromatic rings. The van der Waals surface area contributed by atoms with Gasteiger partial charge in [-0.15, -0.1) is 0 Å². The van der Waals surface area contributed by atoms with Crippen molar-refractivity contribution < 1.29 is 9.84 Å². The number of hydrogen-bond donors (Lipinski definition) is 2. The minimum absolute atomic E-state index is 0.469. The highest BCUT2D eigenvalue weighted by Crippen LogP contribution is 2.37. The van der Waals surface area contributed by atoms with Crippen molar-refractivity contribution in [2.24, 2.45) is 5.73 Å². The summed E-state index contributed by atoms with van der Waals surface area (Å²) in [5, 5.41) is 10.5. The van der Waals surface area contributed by atoms with Crippen molar-refractivity contribution in [1.29, 1.82) is 0 Å². The molecular weight excluding hydrogens is 226 g/mol. The van der Waals surface area contributed by atoms with Crippen LogP contribution in [0.15, 0.2) is 24.3 Å². The molecule has 0 bridgehead atoms. The Morgan fingerprint density at radius 2 is 2.06 bits per heavy atom. The molecule has 1 aliphatic rings. The van der Waals surface area contributed by atoms with Crippen LogP contribution in [0.4, 0.5) is 0 Å². The van der Waals surface area contributed by atoms with Gasteiger partial charge in [0.1, 0.15) is 5.75 Å². The van der Waals surface area contributed by atoms with E-state index in [1.54, 1.807) is 0 Å². The van der Waals surface area contributed by atoms with Gasteiger partial charge >= 0.3 is 0 Å². The minimum Gasteiger partial charge on any atom is -0.494 e. The summed E-state index contributed by atoms with van der Waals surface area (Å²) in [4.78, 5) is 0. The first-order valence-electron chi connectivity index (χ1n) is 6.85. The molecule has 0 amide bonds. The van der Waals surface area contributed by atoms with E-state index in [4.69, 9.17) is 10.5 Å². The van der Waals surface area contributed by atoms with E-state index in [0.29, 0.717) is 6.61 Å². The molecule has 0 aromatic heterocycles. The Morgan fingerprint density at radius 1 is 1.33 bits per heavy atom. The van der Waals surface area contributed by atoms with Crippen molar-refractivity contribution >= 4 is 0 Å². The quantitative estimate of drug-likeness (QED) is 0.862. The number of nitrogens with two attached hydrogens (primary N) is 1. The van der Waals surface area contributed by atoms with E-state index in [-0.39, 0.29) is 0 Å². The molecule has 3 heteroatoms. The zero-order valence-corrected chi connectivity index (χ0v) is 11.1. The van der Waals surface area contributed by atoms with Crippen LogP contribution in [-0.4, -0.2) is 17.3 Å². The fraction of sp³-hybridized carbons (Fsp3) is 0.600. The zero-order valence-electron chi connectivity index (χ0n) is 11.1. The molecule has 0 heterocycles. The van der Waals surface area contributed by atoms with Crippen molar-refractivity contribution in [2.75, 3.05) is 6.61 Å². The lowest BCUT2D eigenvalue weighted by Gasteiger charge is -2.38. The van der Waals surface area contributed by atoms with Crippen LogP contribution >= 0.6 is 0 Å². The van der Waals surface area contributed by atoms with Crippen LogP contribution in [0.25, 0.3) is 0 Å². The van der Waals surface area contributed by atoms with Gasteiger partial charge in [-0.3, -0.25) is 0 Å². The second-order valence-electron chi connectivity index (χ2n) is 5.20. The van der Waals surface area contributed by atoms with Crippen LogP contribution < -0.4 is 10.5 Å². The average Bonchev–Trinajstić information content (AvgIpc) is 2.39. The van der Waals surface area contributed by atoms with E-state index in [2.05, 4.69) is 0 Å². The molecule has 1 atom stereocenters. The van der Waals surface area contributed by atoms with E-state index in [9.17, 15) is 5.11 Å². The van der Waals surface area contributed by atoms with Crippen molar-refractivity contribution in [3.63, 3.8) is 0 Å². The molecule has 18 heavy (non-hydrogen) atoms. The van der Waals surface area contributed by atoms with E-state index in [0.717, 1.165) is 37.0 Å². The molecule has 1 aliphatic carbocycles. The third-order valence-electron chi connectivity index (χ3n) is 3.81. The maximum Gasteiger partial charge on any atom is 0.119 e. The van der Waals surface area contributed by atoms with Crippen LogP contribution in [0.1, 0.15) is 50.7 Å². The Morgan fingerprint density at radius 3 is 2.72 bits per heavy atom. The highest BCUT2D eigenvalue weighted by Gasteiger charge is 2.35. The first-order valence-corrected chi connectivity index (χ1v) is 6.85. The van der Waals surface area contributed by atoms with E-state index >= 15 is 0 Å². The normalized spacial score (nSPS) is 20.4. The second kappa shape index (κ2) is 5.72. The van der Waals surface area contributed by atoms with Crippen LogP contribution in [0.3, 0.4) is 0 Å². The molecular formula is C15H23NO2. The maximum absolute atomic E-state index is 10.5. The number of ether oxygens (including phenoxy) is 1. The Balaban J connectivity index is 2.16. The zero-order chi connectivity index (χ0) is 13.0. The summed E-state index contributed by atoms with van der Waals surface area (Å²) in [5.74, 6) is 0.799. The van der Waals surface area contributed by atoms with Crippen molar-refractivity contribution in [3.8, 4) is 5.75 Å². The third-order valence-corrected chi connectivity index (χ3v) is 3.81. The smallest absolute Gasteiger partial charge is 0.119 e. The van der Waals surface area contributed by atoms with Crippen LogP contribution in [0.5, 0.6) is 5.75 Å². The number of aliphatic hydroxyl groups excluding tert-OH is 1. The van der Waals surface area contributed by atoms with Crippen molar-refractivity contribution in [1.82, 2.24) is 0 Å². The monoisotopic (exact) mass is 249 g/mol. The van der Waals surface area contributed by atoms with Gasteiger partial charge in [0.05, 0.1) is 12.7 Å². The molecule has 1 unspecified atom stereocenters. The number of hydrogen-bond acceptors (Lipinski definition) is 3. The van der Waals surface area contributed by atoms with Gasteiger partial charge in [0.2, 0.25) is 0 Å². The second-order valence-corrected chi connectivity index (χ2v) is 5.20. The molecule has 2 rings (SSSR count). The fourth-order valence-corrected chi connectivity index (χ4v) is 2.76. The maximum atomic E-state index is 10.5. The van der Waals surface area contributed by atoms with Gasteiger partial charge < -0.3 is 15.6 Å². The molecule has 3 nitrogen and oxygen atoms in total. The van der Waals surface area contributed by atoms with Crippen LogP contribution in [0, 0.1) is 0 Å². The van der Waals surface area contributed by atoms with Crippen molar-refractivity contribution in [3.05, 3.63) is 29.8 Å². The van der Waals surface area contributed by atoms with Crippen LogP contribution in [0.2, 0.25) is 0 Å². The van der Waals surface area contributed by atoms with Gasteiger partial charge in [-0.05, 0) is 37.5 Å². The lowest BCUT2D eigenvalue weighted by atomic mass is 9.76. The van der Waals surface area contributed by atoms with Gasteiger partial charge in [-0.2, -0.15) is 0 Å². The van der Waals surface area contributed by atoms with Gasteiger partial charge in [-0.25, -0.2) is 0 Å². The molecule has 100 valence electrons.